The predicted molar refractivity (Wildman–Crippen MR) is 84.9 cm³/mol. The fraction of sp³-hybridized carbons (Fsp3) is 0.176. The van der Waals surface area contributed by atoms with Gasteiger partial charge < -0.3 is 9.73 Å². The van der Waals surface area contributed by atoms with Crippen LogP contribution in [0.5, 0.6) is 0 Å². The third kappa shape index (κ3) is 2.53. The maximum absolute atomic E-state index is 12.5. The maximum atomic E-state index is 12.5. The van der Waals surface area contributed by atoms with Crippen molar-refractivity contribution in [3.05, 3.63) is 59.2 Å². The number of rotatable bonds is 3. The molecule has 3 aromatic rings. The highest BCUT2D eigenvalue weighted by atomic mass is 16.3. The minimum absolute atomic E-state index is 0.159. The summed E-state index contributed by atoms with van der Waals surface area (Å²) in [6, 6.07) is 9.50. The van der Waals surface area contributed by atoms with Gasteiger partial charge in [0.15, 0.2) is 0 Å². The minimum Gasteiger partial charge on any atom is -0.466 e. The minimum atomic E-state index is -0.159. The molecule has 22 heavy (non-hydrogen) atoms. The van der Waals surface area contributed by atoms with Crippen LogP contribution in [0.4, 0.5) is 5.69 Å². The molecule has 0 fully saturated rings. The number of aromatic amines is 1. The van der Waals surface area contributed by atoms with Crippen molar-refractivity contribution in [3.8, 4) is 11.3 Å². The van der Waals surface area contributed by atoms with E-state index in [0.29, 0.717) is 11.3 Å². The van der Waals surface area contributed by atoms with E-state index in [0.717, 1.165) is 28.3 Å². The maximum Gasteiger partial charge on any atom is 0.259 e. The van der Waals surface area contributed by atoms with Crippen molar-refractivity contribution in [2.45, 2.75) is 20.8 Å². The lowest BCUT2D eigenvalue weighted by Gasteiger charge is -2.07. The van der Waals surface area contributed by atoms with Gasteiger partial charge in [0.1, 0.15) is 11.5 Å². The zero-order valence-corrected chi connectivity index (χ0v) is 12.7. The first-order valence-electron chi connectivity index (χ1n) is 7.04. The first kappa shape index (κ1) is 14.1. The van der Waals surface area contributed by atoms with Crippen LogP contribution < -0.4 is 5.32 Å². The summed E-state index contributed by atoms with van der Waals surface area (Å²) in [7, 11) is 0. The highest BCUT2D eigenvalue weighted by Gasteiger charge is 2.18. The van der Waals surface area contributed by atoms with Crippen LogP contribution in [0, 0.1) is 20.8 Å². The Balaban J connectivity index is 1.87. The lowest BCUT2D eigenvalue weighted by Crippen LogP contribution is -2.13. The van der Waals surface area contributed by atoms with Gasteiger partial charge in [0, 0.05) is 23.0 Å². The van der Waals surface area contributed by atoms with E-state index in [1.165, 1.54) is 0 Å². The second-order valence-electron chi connectivity index (χ2n) is 5.22. The van der Waals surface area contributed by atoms with Crippen LogP contribution in [-0.2, 0) is 0 Å². The number of aromatic nitrogens is 2. The van der Waals surface area contributed by atoms with E-state index in [2.05, 4.69) is 15.5 Å². The Hall–Kier alpha value is -2.82. The van der Waals surface area contributed by atoms with E-state index in [4.69, 9.17) is 4.42 Å². The van der Waals surface area contributed by atoms with Crippen LogP contribution in [0.25, 0.3) is 11.3 Å². The summed E-state index contributed by atoms with van der Waals surface area (Å²) in [5.74, 6) is 1.25. The van der Waals surface area contributed by atoms with E-state index >= 15 is 0 Å². The lowest BCUT2D eigenvalue weighted by atomic mass is 10.1. The van der Waals surface area contributed by atoms with Crippen molar-refractivity contribution in [2.75, 3.05) is 5.32 Å². The molecule has 2 heterocycles. The van der Waals surface area contributed by atoms with Crippen LogP contribution in [0.15, 0.2) is 40.9 Å². The van der Waals surface area contributed by atoms with Gasteiger partial charge in [0.05, 0.1) is 11.3 Å². The summed E-state index contributed by atoms with van der Waals surface area (Å²) in [6.07, 6.45) is 1.70. The summed E-state index contributed by atoms with van der Waals surface area (Å²) in [5.41, 5.74) is 4.08. The molecule has 3 rings (SSSR count). The molecule has 0 radical (unpaired) electrons. The van der Waals surface area contributed by atoms with Gasteiger partial charge in [-0.1, -0.05) is 12.1 Å². The lowest BCUT2D eigenvalue weighted by molar-refractivity contribution is 0.102. The summed E-state index contributed by atoms with van der Waals surface area (Å²) in [6.45, 7) is 5.55. The summed E-state index contributed by atoms with van der Waals surface area (Å²) >= 11 is 0. The van der Waals surface area contributed by atoms with Gasteiger partial charge in [-0.05, 0) is 39.0 Å². The largest absolute Gasteiger partial charge is 0.466 e. The number of H-pyrrole nitrogens is 1. The predicted octanol–water partition coefficient (Wildman–Crippen LogP) is 3.85. The molecule has 0 atom stereocenters. The molecule has 0 unspecified atom stereocenters. The molecule has 5 heteroatoms. The summed E-state index contributed by atoms with van der Waals surface area (Å²) < 4.78 is 5.51. The van der Waals surface area contributed by atoms with E-state index in [1.54, 1.807) is 13.1 Å². The molecule has 0 aliphatic heterocycles. The van der Waals surface area contributed by atoms with Gasteiger partial charge in [-0.25, -0.2) is 0 Å². The highest BCUT2D eigenvalue weighted by Crippen LogP contribution is 2.24. The molecule has 0 aliphatic carbocycles. The molecule has 0 saturated carbocycles. The van der Waals surface area contributed by atoms with E-state index in [-0.39, 0.29) is 5.91 Å². The van der Waals surface area contributed by atoms with E-state index in [1.807, 2.05) is 44.2 Å². The van der Waals surface area contributed by atoms with Crippen LogP contribution in [0.1, 0.15) is 27.4 Å². The van der Waals surface area contributed by atoms with Crippen molar-refractivity contribution in [3.63, 3.8) is 0 Å². The van der Waals surface area contributed by atoms with Gasteiger partial charge >= 0.3 is 0 Å². The first-order chi connectivity index (χ1) is 10.6. The average Bonchev–Trinajstić information content (AvgIpc) is 3.09. The van der Waals surface area contributed by atoms with Crippen LogP contribution in [0.3, 0.4) is 0 Å². The number of hydrogen-bond acceptors (Lipinski definition) is 3. The Bertz CT molecular complexity index is 817. The Morgan fingerprint density at radius 1 is 1.18 bits per heavy atom. The zero-order valence-electron chi connectivity index (χ0n) is 12.7. The third-order valence-corrected chi connectivity index (χ3v) is 3.72. The van der Waals surface area contributed by atoms with Crippen LogP contribution >= 0.6 is 0 Å². The van der Waals surface area contributed by atoms with Crippen LogP contribution in [-0.4, -0.2) is 16.1 Å². The normalized spacial score (nSPS) is 10.7. The molecule has 0 spiro atoms. The Labute approximate surface area is 128 Å². The molecule has 2 N–H and O–H groups in total. The number of nitrogens with zero attached hydrogens (tertiary/aromatic N) is 1. The van der Waals surface area contributed by atoms with E-state index in [9.17, 15) is 4.79 Å². The van der Waals surface area contributed by atoms with Gasteiger partial charge in [-0.15, -0.1) is 0 Å². The van der Waals surface area contributed by atoms with Gasteiger partial charge in [0.2, 0.25) is 0 Å². The first-order valence-corrected chi connectivity index (χ1v) is 7.04. The van der Waals surface area contributed by atoms with E-state index < -0.39 is 0 Å². The van der Waals surface area contributed by atoms with Gasteiger partial charge in [-0.3, -0.25) is 9.89 Å². The number of carbonyl (C=O) groups excluding carboxylic acids is 1. The fourth-order valence-corrected chi connectivity index (χ4v) is 2.50. The molecular weight excluding hydrogens is 278 g/mol. The number of aryl methyl sites for hydroxylation is 2. The Morgan fingerprint density at radius 2 is 2.00 bits per heavy atom. The standard InChI is InChI=1S/C17H17N3O2/c1-10-11(2)22-12(3)16(10)17(21)19-14-6-4-5-13(9-14)15-7-8-18-20-15/h4-9H,1-3H3,(H,18,20)(H,19,21). The number of furan rings is 1. The number of nitrogens with one attached hydrogen (secondary N) is 2. The topological polar surface area (TPSA) is 70.9 Å². The second kappa shape index (κ2) is 5.52. The summed E-state index contributed by atoms with van der Waals surface area (Å²) in [5, 5.41) is 9.77. The van der Waals surface area contributed by atoms with Gasteiger partial charge in [-0.2, -0.15) is 5.10 Å². The van der Waals surface area contributed by atoms with Crippen LogP contribution in [0.2, 0.25) is 0 Å². The number of benzene rings is 1. The van der Waals surface area contributed by atoms with Gasteiger partial charge in [0.25, 0.3) is 5.91 Å². The SMILES string of the molecule is Cc1oc(C)c(C(=O)Nc2cccc(-c3ccn[nH]3)c2)c1C. The smallest absolute Gasteiger partial charge is 0.259 e. The second-order valence-corrected chi connectivity index (χ2v) is 5.22. The molecular formula is C17H17N3O2. The zero-order chi connectivity index (χ0) is 15.7. The number of hydrogen-bond donors (Lipinski definition) is 2. The number of amides is 1. The van der Waals surface area contributed by atoms with Crippen molar-refractivity contribution in [1.82, 2.24) is 10.2 Å². The molecule has 0 saturated heterocycles. The average molecular weight is 295 g/mol. The Kier molecular flexibility index (Phi) is 3.55. The molecule has 1 aromatic carbocycles. The van der Waals surface area contributed by atoms with Crippen molar-refractivity contribution in [2.24, 2.45) is 0 Å². The monoisotopic (exact) mass is 295 g/mol. The summed E-state index contributed by atoms with van der Waals surface area (Å²) in [4.78, 5) is 12.5. The Morgan fingerprint density at radius 3 is 2.64 bits per heavy atom. The van der Waals surface area contributed by atoms with Crippen molar-refractivity contribution >= 4 is 11.6 Å². The van der Waals surface area contributed by atoms with Crippen molar-refractivity contribution < 1.29 is 9.21 Å². The molecule has 5 nitrogen and oxygen atoms in total. The van der Waals surface area contributed by atoms with Crippen molar-refractivity contribution in [1.29, 1.82) is 0 Å². The number of anilines is 1. The highest BCUT2D eigenvalue weighted by molar-refractivity contribution is 6.06. The fourth-order valence-electron chi connectivity index (χ4n) is 2.50. The molecule has 1 amide bonds. The molecule has 2 aromatic heterocycles. The quantitative estimate of drug-likeness (QED) is 0.771. The third-order valence-electron chi connectivity index (χ3n) is 3.72. The molecule has 0 aliphatic rings. The number of carbonyl (C=O) groups is 1. The molecule has 0 bridgehead atoms. The molecule has 112 valence electrons.